The SMILES string of the molecule is CCCCCCCc1ccc2c(c1)sc(=O)n2CCCCN1CCN(C2CCCCC2)CC1.Cl.Cl. The minimum Gasteiger partial charge on any atom is -0.301 e. The highest BCUT2D eigenvalue weighted by Crippen LogP contribution is 2.24. The van der Waals surface area contributed by atoms with Crippen molar-refractivity contribution in [1.29, 1.82) is 0 Å². The number of rotatable bonds is 12. The molecule has 0 atom stereocenters. The summed E-state index contributed by atoms with van der Waals surface area (Å²) in [5.74, 6) is 0. The van der Waals surface area contributed by atoms with Crippen molar-refractivity contribution >= 4 is 46.4 Å². The molecule has 0 radical (unpaired) electrons. The molecular weight excluding hydrogens is 497 g/mol. The van der Waals surface area contributed by atoms with Crippen LogP contribution in [0.25, 0.3) is 10.2 Å². The molecule has 200 valence electrons. The average Bonchev–Trinajstić information content (AvgIpc) is 3.16. The molecule has 1 aliphatic carbocycles. The van der Waals surface area contributed by atoms with Gasteiger partial charge in [-0.2, -0.15) is 0 Å². The molecule has 0 bridgehead atoms. The molecule has 2 aliphatic rings. The van der Waals surface area contributed by atoms with Gasteiger partial charge in [-0.3, -0.25) is 14.3 Å². The maximum Gasteiger partial charge on any atom is 0.308 e. The van der Waals surface area contributed by atoms with Gasteiger partial charge in [-0.15, -0.1) is 24.8 Å². The minimum absolute atomic E-state index is 0. The smallest absolute Gasteiger partial charge is 0.301 e. The van der Waals surface area contributed by atoms with Crippen molar-refractivity contribution in [2.45, 2.75) is 103 Å². The molecule has 1 aromatic heterocycles. The van der Waals surface area contributed by atoms with Gasteiger partial charge in [-0.05, 0) is 62.8 Å². The third-order valence-electron chi connectivity index (χ3n) is 7.91. The van der Waals surface area contributed by atoms with Gasteiger partial charge >= 0.3 is 4.87 Å². The van der Waals surface area contributed by atoms with Crippen LogP contribution in [-0.4, -0.2) is 53.1 Å². The highest BCUT2D eigenvalue weighted by molar-refractivity contribution is 7.16. The standard InChI is InChI=1S/C28H45N3OS.2ClH/c1-2-3-4-5-7-12-24-15-16-26-27(23-24)33-28(32)31(26)18-11-10-17-29-19-21-30(22-20-29)25-13-8-6-9-14-25;;/h15-16,23,25H,2-14,17-22H2,1H3;2*1H. The van der Waals surface area contributed by atoms with E-state index in [-0.39, 0.29) is 29.7 Å². The number of thiazole rings is 1. The van der Waals surface area contributed by atoms with E-state index in [0.717, 1.165) is 30.9 Å². The van der Waals surface area contributed by atoms with Crippen LogP contribution in [0.2, 0.25) is 0 Å². The number of aromatic nitrogens is 1. The largest absolute Gasteiger partial charge is 0.308 e. The van der Waals surface area contributed by atoms with Gasteiger partial charge in [0.1, 0.15) is 0 Å². The maximum atomic E-state index is 12.6. The number of unbranched alkanes of at least 4 members (excludes halogenated alkanes) is 5. The molecule has 2 fully saturated rings. The topological polar surface area (TPSA) is 28.5 Å². The van der Waals surface area contributed by atoms with Crippen LogP contribution in [0.5, 0.6) is 0 Å². The number of nitrogens with zero attached hydrogens (tertiary/aromatic N) is 3. The van der Waals surface area contributed by atoms with E-state index in [1.807, 2.05) is 4.57 Å². The van der Waals surface area contributed by atoms with Crippen molar-refractivity contribution in [3.05, 3.63) is 33.4 Å². The van der Waals surface area contributed by atoms with Crippen molar-refractivity contribution in [3.8, 4) is 0 Å². The normalized spacial score (nSPS) is 17.9. The summed E-state index contributed by atoms with van der Waals surface area (Å²) in [5.41, 5.74) is 2.53. The van der Waals surface area contributed by atoms with Crippen LogP contribution < -0.4 is 4.87 Å². The van der Waals surface area contributed by atoms with Gasteiger partial charge in [0.2, 0.25) is 0 Å². The quantitative estimate of drug-likeness (QED) is 0.266. The summed E-state index contributed by atoms with van der Waals surface area (Å²) in [6.45, 7) is 9.24. The van der Waals surface area contributed by atoms with Gasteiger partial charge in [0.15, 0.2) is 0 Å². The van der Waals surface area contributed by atoms with Gasteiger partial charge in [-0.1, -0.05) is 69.3 Å². The number of aryl methyl sites for hydroxylation is 2. The summed E-state index contributed by atoms with van der Waals surface area (Å²) in [6.07, 6.45) is 17.1. The van der Waals surface area contributed by atoms with E-state index in [1.54, 1.807) is 0 Å². The Morgan fingerprint density at radius 3 is 2.31 bits per heavy atom. The Balaban J connectivity index is 0.00000216. The Labute approximate surface area is 229 Å². The Kier molecular flexibility index (Phi) is 14.3. The van der Waals surface area contributed by atoms with Crippen molar-refractivity contribution < 1.29 is 0 Å². The number of hydrogen-bond acceptors (Lipinski definition) is 4. The number of fused-ring (bicyclic) bond motifs is 1. The van der Waals surface area contributed by atoms with E-state index in [4.69, 9.17) is 0 Å². The fourth-order valence-corrected chi connectivity index (χ4v) is 6.80. The Hall–Kier alpha value is -0.590. The van der Waals surface area contributed by atoms with E-state index in [2.05, 4.69) is 34.9 Å². The number of benzene rings is 1. The van der Waals surface area contributed by atoms with Crippen LogP contribution in [0.1, 0.15) is 89.5 Å². The monoisotopic (exact) mass is 543 g/mol. The molecule has 2 aromatic rings. The first kappa shape index (κ1) is 30.6. The lowest BCUT2D eigenvalue weighted by Gasteiger charge is -2.40. The van der Waals surface area contributed by atoms with Crippen LogP contribution >= 0.6 is 36.2 Å². The van der Waals surface area contributed by atoms with Gasteiger partial charge < -0.3 is 4.90 Å². The Morgan fingerprint density at radius 1 is 0.857 bits per heavy atom. The lowest BCUT2D eigenvalue weighted by atomic mass is 9.94. The first-order chi connectivity index (χ1) is 16.2. The third kappa shape index (κ3) is 9.03. The highest BCUT2D eigenvalue weighted by atomic mass is 35.5. The molecule has 1 aliphatic heterocycles. The van der Waals surface area contributed by atoms with E-state index in [0.29, 0.717) is 0 Å². The fourth-order valence-electron chi connectivity index (χ4n) is 5.81. The number of halogens is 2. The molecule has 0 amide bonds. The predicted molar refractivity (Wildman–Crippen MR) is 157 cm³/mol. The van der Waals surface area contributed by atoms with Crippen LogP contribution in [0.3, 0.4) is 0 Å². The van der Waals surface area contributed by atoms with Gasteiger partial charge in [-0.25, -0.2) is 0 Å². The third-order valence-corrected chi connectivity index (χ3v) is 8.85. The second-order valence-corrected chi connectivity index (χ2v) is 11.4. The fraction of sp³-hybridized carbons (Fsp3) is 0.750. The van der Waals surface area contributed by atoms with Crippen molar-refractivity contribution in [1.82, 2.24) is 14.4 Å². The van der Waals surface area contributed by atoms with Crippen LogP contribution in [0.15, 0.2) is 23.0 Å². The van der Waals surface area contributed by atoms with E-state index < -0.39 is 0 Å². The first-order valence-corrected chi connectivity index (χ1v) is 14.6. The highest BCUT2D eigenvalue weighted by Gasteiger charge is 2.24. The van der Waals surface area contributed by atoms with Gasteiger partial charge in [0.25, 0.3) is 0 Å². The van der Waals surface area contributed by atoms with Crippen LogP contribution in [0, 0.1) is 0 Å². The molecule has 0 spiro atoms. The zero-order valence-corrected chi connectivity index (χ0v) is 24.2. The summed E-state index contributed by atoms with van der Waals surface area (Å²) in [7, 11) is 0. The van der Waals surface area contributed by atoms with Gasteiger partial charge in [0.05, 0.1) is 10.2 Å². The lowest BCUT2D eigenvalue weighted by Crippen LogP contribution is -2.50. The minimum atomic E-state index is 0. The summed E-state index contributed by atoms with van der Waals surface area (Å²) in [6, 6.07) is 7.57. The molecule has 7 heteroatoms. The van der Waals surface area contributed by atoms with Crippen molar-refractivity contribution in [2.24, 2.45) is 0 Å². The van der Waals surface area contributed by atoms with Gasteiger partial charge in [0, 0.05) is 38.8 Å². The number of hydrogen-bond donors (Lipinski definition) is 0. The lowest BCUT2D eigenvalue weighted by molar-refractivity contribution is 0.0780. The second-order valence-electron chi connectivity index (χ2n) is 10.4. The van der Waals surface area contributed by atoms with Crippen LogP contribution in [0.4, 0.5) is 0 Å². The molecule has 2 heterocycles. The van der Waals surface area contributed by atoms with Crippen LogP contribution in [-0.2, 0) is 13.0 Å². The molecule has 0 unspecified atom stereocenters. The molecule has 35 heavy (non-hydrogen) atoms. The molecule has 1 aromatic carbocycles. The maximum absolute atomic E-state index is 12.6. The molecular formula is C28H47Cl2N3OS. The van der Waals surface area contributed by atoms with E-state index >= 15 is 0 Å². The first-order valence-electron chi connectivity index (χ1n) is 13.8. The molecule has 4 nitrogen and oxygen atoms in total. The molecule has 4 rings (SSSR count). The summed E-state index contributed by atoms with van der Waals surface area (Å²) >= 11 is 1.43. The van der Waals surface area contributed by atoms with Crippen molar-refractivity contribution in [3.63, 3.8) is 0 Å². The van der Waals surface area contributed by atoms with Crippen molar-refractivity contribution in [2.75, 3.05) is 32.7 Å². The van der Waals surface area contributed by atoms with E-state index in [9.17, 15) is 4.79 Å². The average molecular weight is 545 g/mol. The zero-order chi connectivity index (χ0) is 22.9. The predicted octanol–water partition coefficient (Wildman–Crippen LogP) is 7.15. The number of piperazine rings is 1. The summed E-state index contributed by atoms with van der Waals surface area (Å²) in [5, 5.41) is 0. The molecule has 1 saturated carbocycles. The Bertz CT molecular complexity index is 901. The Morgan fingerprint density at radius 2 is 1.57 bits per heavy atom. The molecule has 1 saturated heterocycles. The second kappa shape index (κ2) is 16.3. The summed E-state index contributed by atoms with van der Waals surface area (Å²) in [4.78, 5) is 18.2. The summed E-state index contributed by atoms with van der Waals surface area (Å²) < 4.78 is 3.19. The zero-order valence-electron chi connectivity index (χ0n) is 21.7. The van der Waals surface area contributed by atoms with E-state index in [1.165, 1.54) is 125 Å². The molecule has 0 N–H and O–H groups in total.